The molecule has 0 heterocycles. The maximum atomic E-state index is 2.41. The summed E-state index contributed by atoms with van der Waals surface area (Å²) in [5.41, 5.74) is 16.9. The second-order valence-electron chi connectivity index (χ2n) is 14.8. The van der Waals surface area contributed by atoms with Crippen LogP contribution in [0.4, 0.5) is 34.1 Å². The zero-order valence-corrected chi connectivity index (χ0v) is 32.4. The van der Waals surface area contributed by atoms with Gasteiger partial charge in [0.25, 0.3) is 0 Å². The number of aryl methyl sites for hydroxylation is 4. The first kappa shape index (κ1) is 34.8. The Balaban J connectivity index is 1.24. The Bertz CT molecular complexity index is 2490. The number of anilines is 6. The second kappa shape index (κ2) is 14.7. The third-order valence-corrected chi connectivity index (χ3v) is 11.1. The molecule has 0 atom stereocenters. The molecule has 0 saturated heterocycles. The molecule has 0 amide bonds. The van der Waals surface area contributed by atoms with Gasteiger partial charge in [-0.3, -0.25) is 0 Å². The zero-order valence-electron chi connectivity index (χ0n) is 32.4. The molecule has 0 radical (unpaired) electrons. The molecule has 2 nitrogen and oxygen atoms in total. The highest BCUT2D eigenvalue weighted by Crippen LogP contribution is 2.48. The zero-order chi connectivity index (χ0) is 38.2. The van der Waals surface area contributed by atoms with Crippen molar-refractivity contribution in [2.45, 2.75) is 27.7 Å². The first-order valence-corrected chi connectivity index (χ1v) is 19.4. The van der Waals surface area contributed by atoms with Crippen molar-refractivity contribution in [3.05, 3.63) is 216 Å². The van der Waals surface area contributed by atoms with Crippen molar-refractivity contribution in [1.29, 1.82) is 0 Å². The summed E-state index contributed by atoms with van der Waals surface area (Å²) in [5, 5.41) is 5.04. The van der Waals surface area contributed by atoms with Crippen LogP contribution in [-0.4, -0.2) is 0 Å². The highest BCUT2D eigenvalue weighted by Gasteiger charge is 2.23. The summed E-state index contributed by atoms with van der Waals surface area (Å²) in [6.07, 6.45) is 0. The van der Waals surface area contributed by atoms with Gasteiger partial charge in [0, 0.05) is 34.1 Å². The highest BCUT2D eigenvalue weighted by atomic mass is 15.1. The molecule has 0 saturated carbocycles. The molecule has 0 aliphatic heterocycles. The van der Waals surface area contributed by atoms with Gasteiger partial charge in [0.1, 0.15) is 0 Å². The van der Waals surface area contributed by atoms with Crippen molar-refractivity contribution >= 4 is 55.7 Å². The average Bonchev–Trinajstić information content (AvgIpc) is 3.24. The first-order valence-electron chi connectivity index (χ1n) is 19.4. The predicted molar refractivity (Wildman–Crippen MR) is 241 cm³/mol. The summed E-state index contributed by atoms with van der Waals surface area (Å²) < 4.78 is 0. The minimum atomic E-state index is 1.14. The van der Waals surface area contributed by atoms with Crippen LogP contribution < -0.4 is 9.80 Å². The lowest BCUT2D eigenvalue weighted by Crippen LogP contribution is -2.12. The number of hydrogen-bond donors (Lipinski definition) is 0. The van der Waals surface area contributed by atoms with E-state index in [0.717, 1.165) is 22.7 Å². The van der Waals surface area contributed by atoms with E-state index in [1.54, 1.807) is 0 Å². The molecule has 0 bridgehead atoms. The van der Waals surface area contributed by atoms with E-state index in [9.17, 15) is 0 Å². The number of hydrogen-bond acceptors (Lipinski definition) is 2. The largest absolute Gasteiger partial charge is 0.310 e. The molecule has 9 aromatic carbocycles. The molecule has 9 rings (SSSR count). The van der Waals surface area contributed by atoms with Crippen LogP contribution in [0.2, 0.25) is 0 Å². The van der Waals surface area contributed by atoms with E-state index in [4.69, 9.17) is 0 Å². The van der Waals surface area contributed by atoms with Crippen LogP contribution in [0, 0.1) is 27.7 Å². The Labute approximate surface area is 330 Å². The van der Waals surface area contributed by atoms with Gasteiger partial charge < -0.3 is 9.80 Å². The van der Waals surface area contributed by atoms with E-state index in [0.29, 0.717) is 0 Å². The van der Waals surface area contributed by atoms with Crippen LogP contribution in [0.5, 0.6) is 0 Å². The van der Waals surface area contributed by atoms with E-state index in [1.807, 2.05) is 0 Å². The molecule has 56 heavy (non-hydrogen) atoms. The van der Waals surface area contributed by atoms with Crippen LogP contribution in [0.25, 0.3) is 43.8 Å². The Morgan fingerprint density at radius 3 is 0.786 bits per heavy atom. The van der Waals surface area contributed by atoms with Crippen LogP contribution in [0.1, 0.15) is 22.3 Å². The van der Waals surface area contributed by atoms with Crippen LogP contribution >= 0.6 is 0 Å². The lowest BCUT2D eigenvalue weighted by molar-refractivity contribution is 1.24. The summed E-state index contributed by atoms with van der Waals surface area (Å²) in [6, 6.07) is 70.3. The number of rotatable bonds is 8. The van der Waals surface area contributed by atoms with E-state index < -0.39 is 0 Å². The molecule has 9 aromatic rings. The van der Waals surface area contributed by atoms with Gasteiger partial charge in [0.05, 0.1) is 0 Å². The van der Waals surface area contributed by atoms with Gasteiger partial charge in [-0.05, 0) is 167 Å². The van der Waals surface area contributed by atoms with Gasteiger partial charge >= 0.3 is 0 Å². The number of nitrogens with zero attached hydrogens (tertiary/aromatic N) is 2. The Kier molecular flexibility index (Phi) is 9.17. The van der Waals surface area contributed by atoms with Gasteiger partial charge in [-0.25, -0.2) is 0 Å². The predicted octanol–water partition coefficient (Wildman–Crippen LogP) is 15.5. The van der Waals surface area contributed by atoms with Crippen molar-refractivity contribution in [3.8, 4) is 22.3 Å². The maximum Gasteiger partial charge on any atom is 0.0493 e. The molecule has 0 aromatic heterocycles. The molecule has 2 heteroatoms. The summed E-state index contributed by atoms with van der Waals surface area (Å²) in [7, 11) is 0. The smallest absolute Gasteiger partial charge is 0.0493 e. The molecule has 0 unspecified atom stereocenters. The number of fused-ring (bicyclic) bond motifs is 2. The minimum Gasteiger partial charge on any atom is -0.310 e. The number of para-hydroxylation sites is 4. The van der Waals surface area contributed by atoms with Crippen molar-refractivity contribution in [2.75, 3.05) is 9.80 Å². The fraction of sp³-hybridized carbons (Fsp3) is 0.0741. The van der Waals surface area contributed by atoms with Gasteiger partial charge in [-0.1, -0.05) is 121 Å². The molecule has 0 N–H and O–H groups in total. The Morgan fingerprint density at radius 1 is 0.268 bits per heavy atom. The molecule has 270 valence electrons. The lowest BCUT2D eigenvalue weighted by atomic mass is 9.83. The van der Waals surface area contributed by atoms with E-state index in [-0.39, 0.29) is 0 Å². The normalized spacial score (nSPS) is 11.2. The van der Waals surface area contributed by atoms with Crippen molar-refractivity contribution in [3.63, 3.8) is 0 Å². The molecular formula is C54H44N2. The summed E-state index contributed by atoms with van der Waals surface area (Å²) in [6.45, 7) is 9.03. The van der Waals surface area contributed by atoms with Crippen LogP contribution in [0.3, 0.4) is 0 Å². The first-order chi connectivity index (χ1) is 27.5. The average molecular weight is 721 g/mol. The third kappa shape index (κ3) is 6.20. The van der Waals surface area contributed by atoms with Gasteiger partial charge in [0.2, 0.25) is 0 Å². The Morgan fingerprint density at radius 2 is 0.518 bits per heavy atom. The van der Waals surface area contributed by atoms with Crippen LogP contribution in [0.15, 0.2) is 194 Å². The summed E-state index contributed by atoms with van der Waals surface area (Å²) in [5.74, 6) is 0. The minimum absolute atomic E-state index is 1.14. The monoisotopic (exact) mass is 720 g/mol. The fourth-order valence-corrected chi connectivity index (χ4v) is 8.49. The molecule has 0 aliphatic rings. The highest BCUT2D eigenvalue weighted by molar-refractivity contribution is 6.22. The van der Waals surface area contributed by atoms with Gasteiger partial charge in [-0.2, -0.15) is 0 Å². The topological polar surface area (TPSA) is 6.48 Å². The second-order valence-corrected chi connectivity index (χ2v) is 14.8. The van der Waals surface area contributed by atoms with E-state index in [2.05, 4.69) is 232 Å². The van der Waals surface area contributed by atoms with Gasteiger partial charge in [0.15, 0.2) is 0 Å². The van der Waals surface area contributed by atoms with Crippen molar-refractivity contribution < 1.29 is 0 Å². The molecule has 0 fully saturated rings. The lowest BCUT2D eigenvalue weighted by Gasteiger charge is -2.29. The van der Waals surface area contributed by atoms with Gasteiger partial charge in [-0.15, -0.1) is 0 Å². The van der Waals surface area contributed by atoms with Crippen LogP contribution in [-0.2, 0) is 0 Å². The Hall–Kier alpha value is -6.90. The molecular weight excluding hydrogens is 677 g/mol. The van der Waals surface area contributed by atoms with E-state index in [1.165, 1.54) is 77.4 Å². The molecule has 0 spiro atoms. The summed E-state index contributed by atoms with van der Waals surface area (Å²) in [4.78, 5) is 4.74. The number of benzene rings is 9. The standard InChI is InChI=1S/C54H44N2/c1-37-35-51(55(41-21-9-5-10-22-41)42-23-11-6-12-24-42)39(3)33-49(37)53-45-29-17-19-31-47(45)54(48-32-20-18-30-46(48)53)50-34-40(4)52(36-38(50)2)56(43-25-13-7-14-26-43)44-27-15-8-16-28-44/h5-36H,1-4H3. The molecule has 0 aliphatic carbocycles. The quantitative estimate of drug-likeness (QED) is 0.144. The fourth-order valence-electron chi connectivity index (χ4n) is 8.49. The maximum absolute atomic E-state index is 2.41. The van der Waals surface area contributed by atoms with E-state index >= 15 is 0 Å². The van der Waals surface area contributed by atoms with Crippen molar-refractivity contribution in [1.82, 2.24) is 0 Å². The third-order valence-electron chi connectivity index (χ3n) is 11.1. The SMILES string of the molecule is Cc1cc(N(c2ccccc2)c2ccccc2)c(C)cc1-c1c2ccccc2c(-c2cc(C)c(N(c3ccccc3)c3ccccc3)cc2C)c2ccccc12. The summed E-state index contributed by atoms with van der Waals surface area (Å²) >= 11 is 0. The van der Waals surface area contributed by atoms with Crippen molar-refractivity contribution in [2.24, 2.45) is 0 Å².